The van der Waals surface area contributed by atoms with Crippen LogP contribution in [0.5, 0.6) is 0 Å². The van der Waals surface area contributed by atoms with E-state index >= 15 is 0 Å². The van der Waals surface area contributed by atoms with Crippen molar-refractivity contribution in [1.29, 1.82) is 0 Å². The van der Waals surface area contributed by atoms with Gasteiger partial charge < -0.3 is 10.1 Å². The molecule has 2 aromatic carbocycles. The zero-order chi connectivity index (χ0) is 16.9. The number of anilines is 1. The van der Waals surface area contributed by atoms with Gasteiger partial charge in [0.1, 0.15) is 0 Å². The van der Waals surface area contributed by atoms with Crippen molar-refractivity contribution in [2.45, 2.75) is 12.8 Å². The second kappa shape index (κ2) is 7.01. The van der Waals surface area contributed by atoms with Crippen LogP contribution in [0.1, 0.15) is 34.3 Å². The normalized spacial score (nSPS) is 12.7. The van der Waals surface area contributed by atoms with Crippen LogP contribution in [0.15, 0.2) is 48.5 Å². The average Bonchev–Trinajstić information content (AvgIpc) is 3.45. The molecule has 1 aliphatic rings. The maximum Gasteiger partial charge on any atom is 0.337 e. The molecule has 0 atom stereocenters. The monoisotopic (exact) mass is 319 g/mol. The zero-order valence-electron chi connectivity index (χ0n) is 13.3. The Bertz CT molecular complexity index is 841. The third-order valence-corrected chi connectivity index (χ3v) is 3.71. The van der Waals surface area contributed by atoms with Gasteiger partial charge >= 0.3 is 5.97 Å². The summed E-state index contributed by atoms with van der Waals surface area (Å²) in [4.78, 5) is 23.3. The smallest absolute Gasteiger partial charge is 0.337 e. The number of methoxy groups -OCH3 is 1. The van der Waals surface area contributed by atoms with Crippen LogP contribution in [0.2, 0.25) is 0 Å². The van der Waals surface area contributed by atoms with Crippen molar-refractivity contribution in [3.63, 3.8) is 0 Å². The van der Waals surface area contributed by atoms with Gasteiger partial charge in [0.2, 0.25) is 5.91 Å². The van der Waals surface area contributed by atoms with Gasteiger partial charge in [0, 0.05) is 22.7 Å². The fourth-order valence-corrected chi connectivity index (χ4v) is 2.25. The summed E-state index contributed by atoms with van der Waals surface area (Å²) >= 11 is 0. The van der Waals surface area contributed by atoms with Gasteiger partial charge in [0.15, 0.2) is 0 Å². The standard InChI is InChI=1S/C20H17NO3/c1-24-20(23)17-6-2-4-14(12-17)8-9-15-5-3-7-18(13-15)21-19(22)16-10-11-16/h2-7,12-13,16H,10-11H2,1H3,(H,21,22). The number of nitrogens with one attached hydrogen (secondary N) is 1. The lowest BCUT2D eigenvalue weighted by Crippen LogP contribution is -2.13. The second-order valence-corrected chi connectivity index (χ2v) is 5.67. The first-order valence-corrected chi connectivity index (χ1v) is 7.77. The number of carbonyl (C=O) groups is 2. The van der Waals surface area contributed by atoms with Crippen molar-refractivity contribution in [3.05, 3.63) is 65.2 Å². The van der Waals surface area contributed by atoms with Gasteiger partial charge in [-0.05, 0) is 49.2 Å². The number of ether oxygens (including phenoxy) is 1. The van der Waals surface area contributed by atoms with Gasteiger partial charge in [-0.15, -0.1) is 0 Å². The first-order chi connectivity index (χ1) is 11.7. The highest BCUT2D eigenvalue weighted by atomic mass is 16.5. The number of benzene rings is 2. The summed E-state index contributed by atoms with van der Waals surface area (Å²) in [6, 6.07) is 14.4. The minimum absolute atomic E-state index is 0.0749. The summed E-state index contributed by atoms with van der Waals surface area (Å²) in [5.41, 5.74) is 2.74. The van der Waals surface area contributed by atoms with Crippen LogP contribution in [-0.4, -0.2) is 19.0 Å². The van der Waals surface area contributed by atoms with E-state index < -0.39 is 0 Å². The van der Waals surface area contributed by atoms with Gasteiger partial charge in [-0.3, -0.25) is 4.79 Å². The van der Waals surface area contributed by atoms with E-state index in [1.807, 2.05) is 30.3 Å². The molecular formula is C20H17NO3. The minimum atomic E-state index is -0.386. The van der Waals surface area contributed by atoms with Crippen molar-refractivity contribution < 1.29 is 14.3 Å². The molecule has 1 N–H and O–H groups in total. The SMILES string of the molecule is COC(=O)c1cccc(C#Cc2cccc(NC(=O)C3CC3)c2)c1. The number of hydrogen-bond acceptors (Lipinski definition) is 3. The minimum Gasteiger partial charge on any atom is -0.465 e. The van der Waals surface area contributed by atoms with Crippen LogP contribution in [0, 0.1) is 17.8 Å². The van der Waals surface area contributed by atoms with E-state index in [2.05, 4.69) is 17.2 Å². The van der Waals surface area contributed by atoms with E-state index in [1.165, 1.54) is 7.11 Å². The average molecular weight is 319 g/mol. The molecule has 24 heavy (non-hydrogen) atoms. The largest absolute Gasteiger partial charge is 0.465 e. The van der Waals surface area contributed by atoms with Crippen LogP contribution in [0.3, 0.4) is 0 Å². The predicted molar refractivity (Wildman–Crippen MR) is 91.6 cm³/mol. The van der Waals surface area contributed by atoms with Crippen molar-refractivity contribution in [1.82, 2.24) is 0 Å². The Labute approximate surface area is 140 Å². The molecule has 3 rings (SSSR count). The number of esters is 1. The molecule has 4 nitrogen and oxygen atoms in total. The first-order valence-electron chi connectivity index (χ1n) is 7.77. The Hall–Kier alpha value is -3.06. The first kappa shape index (κ1) is 15.8. The third kappa shape index (κ3) is 4.02. The highest BCUT2D eigenvalue weighted by Gasteiger charge is 2.29. The van der Waals surface area contributed by atoms with Crippen LogP contribution < -0.4 is 5.32 Å². The van der Waals surface area contributed by atoms with E-state index in [-0.39, 0.29) is 17.8 Å². The van der Waals surface area contributed by atoms with Gasteiger partial charge in [-0.25, -0.2) is 4.79 Å². The molecule has 0 aliphatic heterocycles. The third-order valence-electron chi connectivity index (χ3n) is 3.71. The topological polar surface area (TPSA) is 55.4 Å². The van der Waals surface area contributed by atoms with E-state index in [0.29, 0.717) is 5.56 Å². The molecule has 1 aliphatic carbocycles. The second-order valence-electron chi connectivity index (χ2n) is 5.67. The van der Waals surface area contributed by atoms with Crippen LogP contribution in [0.25, 0.3) is 0 Å². The molecule has 1 fully saturated rings. The van der Waals surface area contributed by atoms with E-state index in [1.54, 1.807) is 18.2 Å². The van der Waals surface area contributed by atoms with Gasteiger partial charge in [-0.1, -0.05) is 24.0 Å². The molecule has 1 saturated carbocycles. The Kier molecular flexibility index (Phi) is 4.62. The van der Waals surface area contributed by atoms with E-state index in [4.69, 9.17) is 4.74 Å². The Morgan fingerprint density at radius 1 is 1.04 bits per heavy atom. The quantitative estimate of drug-likeness (QED) is 0.698. The number of carbonyl (C=O) groups excluding carboxylic acids is 2. The molecule has 120 valence electrons. The summed E-state index contributed by atoms with van der Waals surface area (Å²) in [7, 11) is 1.35. The predicted octanol–water partition coefficient (Wildman–Crippen LogP) is 3.22. The van der Waals surface area contributed by atoms with Gasteiger partial charge in [0.25, 0.3) is 0 Å². The summed E-state index contributed by atoms with van der Waals surface area (Å²) < 4.78 is 4.70. The fourth-order valence-electron chi connectivity index (χ4n) is 2.25. The molecule has 0 aromatic heterocycles. The molecule has 0 bridgehead atoms. The summed E-state index contributed by atoms with van der Waals surface area (Å²) in [6.07, 6.45) is 1.95. The Balaban J connectivity index is 1.75. The molecule has 0 radical (unpaired) electrons. The molecule has 0 unspecified atom stereocenters. The molecular weight excluding hydrogens is 302 g/mol. The lowest BCUT2D eigenvalue weighted by molar-refractivity contribution is -0.117. The molecule has 0 heterocycles. The maximum atomic E-state index is 11.8. The summed E-state index contributed by atoms with van der Waals surface area (Å²) in [5, 5.41) is 2.91. The maximum absolute atomic E-state index is 11.8. The lowest BCUT2D eigenvalue weighted by atomic mass is 10.1. The zero-order valence-corrected chi connectivity index (χ0v) is 13.3. The highest BCUT2D eigenvalue weighted by molar-refractivity contribution is 5.94. The van der Waals surface area contributed by atoms with Crippen LogP contribution >= 0.6 is 0 Å². The number of hydrogen-bond donors (Lipinski definition) is 1. The van der Waals surface area contributed by atoms with Crippen molar-refractivity contribution in [2.75, 3.05) is 12.4 Å². The lowest BCUT2D eigenvalue weighted by Gasteiger charge is -2.04. The van der Waals surface area contributed by atoms with Crippen molar-refractivity contribution in [3.8, 4) is 11.8 Å². The number of amides is 1. The Morgan fingerprint density at radius 2 is 1.71 bits per heavy atom. The summed E-state index contributed by atoms with van der Waals surface area (Å²) in [5.74, 6) is 5.93. The van der Waals surface area contributed by atoms with Crippen LogP contribution in [0.4, 0.5) is 5.69 Å². The fraction of sp³-hybridized carbons (Fsp3) is 0.200. The van der Waals surface area contributed by atoms with Crippen LogP contribution in [-0.2, 0) is 9.53 Å². The molecule has 4 heteroatoms. The van der Waals surface area contributed by atoms with E-state index in [0.717, 1.165) is 29.7 Å². The molecule has 0 saturated heterocycles. The molecule has 2 aromatic rings. The van der Waals surface area contributed by atoms with E-state index in [9.17, 15) is 9.59 Å². The van der Waals surface area contributed by atoms with Gasteiger partial charge in [0.05, 0.1) is 12.7 Å². The van der Waals surface area contributed by atoms with Crippen molar-refractivity contribution >= 4 is 17.6 Å². The number of rotatable bonds is 3. The summed E-state index contributed by atoms with van der Waals surface area (Å²) in [6.45, 7) is 0. The van der Waals surface area contributed by atoms with Gasteiger partial charge in [-0.2, -0.15) is 0 Å². The molecule has 0 spiro atoms. The Morgan fingerprint density at radius 3 is 2.38 bits per heavy atom. The molecule has 1 amide bonds. The van der Waals surface area contributed by atoms with Crippen molar-refractivity contribution in [2.24, 2.45) is 5.92 Å². The highest BCUT2D eigenvalue weighted by Crippen LogP contribution is 2.30.